The van der Waals surface area contributed by atoms with Gasteiger partial charge in [-0.3, -0.25) is 0 Å². The van der Waals surface area contributed by atoms with Gasteiger partial charge in [-0.15, -0.1) is 0 Å². The lowest BCUT2D eigenvalue weighted by Crippen LogP contribution is -2.10. The van der Waals surface area contributed by atoms with Crippen molar-refractivity contribution in [3.05, 3.63) is 54.1 Å². The van der Waals surface area contributed by atoms with Gasteiger partial charge in [-0.25, -0.2) is 0 Å². The largest absolute Gasteiger partial charge is 0.496 e. The fourth-order valence-corrected chi connectivity index (χ4v) is 2.53. The van der Waals surface area contributed by atoms with Crippen molar-refractivity contribution in [3.63, 3.8) is 0 Å². The van der Waals surface area contributed by atoms with Gasteiger partial charge in [0.1, 0.15) is 5.75 Å². The lowest BCUT2D eigenvalue weighted by Gasteiger charge is -2.19. The second-order valence-electron chi connectivity index (χ2n) is 7.23. The van der Waals surface area contributed by atoms with Gasteiger partial charge in [-0.05, 0) is 22.6 Å². The maximum Gasteiger partial charge on any atom is 0.126 e. The summed E-state index contributed by atoms with van der Waals surface area (Å²) in [7, 11) is 1.71. The summed E-state index contributed by atoms with van der Waals surface area (Å²) in [5, 5.41) is 0. The first-order valence-corrected chi connectivity index (χ1v) is 9.18. The molecule has 0 heterocycles. The number of benzene rings is 2. The van der Waals surface area contributed by atoms with Crippen LogP contribution in [0, 0.1) is 0 Å². The van der Waals surface area contributed by atoms with Crippen LogP contribution in [0.3, 0.4) is 0 Å². The summed E-state index contributed by atoms with van der Waals surface area (Å²) in [5.41, 5.74) is 3.88. The number of unbranched alkanes of at least 4 members (excludes halogenated alkanes) is 3. The van der Waals surface area contributed by atoms with Crippen LogP contribution < -0.4 is 4.74 Å². The second-order valence-corrected chi connectivity index (χ2v) is 7.23. The van der Waals surface area contributed by atoms with Gasteiger partial charge >= 0.3 is 0 Å². The fraction of sp³-hybridized carbons (Fsp3) is 0.478. The molecule has 2 rings (SSSR count). The number of rotatable bonds is 5. The third kappa shape index (κ3) is 6.39. The van der Waals surface area contributed by atoms with Crippen LogP contribution in [0.15, 0.2) is 48.5 Å². The Bertz CT molecular complexity index is 572. The van der Waals surface area contributed by atoms with E-state index in [0.29, 0.717) is 0 Å². The summed E-state index contributed by atoms with van der Waals surface area (Å²) in [6, 6.07) is 16.8. The van der Waals surface area contributed by atoms with Crippen molar-refractivity contribution in [1.82, 2.24) is 0 Å². The zero-order valence-electron chi connectivity index (χ0n) is 16.4. The van der Waals surface area contributed by atoms with Crippen molar-refractivity contribution in [2.45, 2.75) is 65.7 Å². The van der Waals surface area contributed by atoms with Crippen LogP contribution in [-0.4, -0.2) is 7.11 Å². The van der Waals surface area contributed by atoms with Gasteiger partial charge in [0.05, 0.1) is 7.11 Å². The summed E-state index contributed by atoms with van der Waals surface area (Å²) >= 11 is 0. The first-order chi connectivity index (χ1) is 11.4. The Morgan fingerprint density at radius 1 is 0.792 bits per heavy atom. The highest BCUT2D eigenvalue weighted by molar-refractivity contribution is 5.70. The maximum absolute atomic E-state index is 5.40. The van der Waals surface area contributed by atoms with E-state index in [4.69, 9.17) is 4.74 Å². The van der Waals surface area contributed by atoms with Gasteiger partial charge in [0.2, 0.25) is 0 Å². The van der Waals surface area contributed by atoms with Gasteiger partial charge in [-0.2, -0.15) is 0 Å². The summed E-state index contributed by atoms with van der Waals surface area (Å²) in [6.07, 6.45) is 5.54. The first-order valence-electron chi connectivity index (χ1n) is 9.18. The predicted molar refractivity (Wildman–Crippen MR) is 107 cm³/mol. The molecule has 0 atom stereocenters. The van der Waals surface area contributed by atoms with Gasteiger partial charge < -0.3 is 4.74 Å². The molecule has 0 amide bonds. The number of para-hydroxylation sites is 1. The average Bonchev–Trinajstić information content (AvgIpc) is 2.60. The molecular formula is C23H34O. The minimum absolute atomic E-state index is 0.194. The monoisotopic (exact) mass is 326 g/mol. The average molecular weight is 327 g/mol. The molecule has 0 spiro atoms. The molecule has 0 radical (unpaired) electrons. The first kappa shape index (κ1) is 20.3. The number of hydrogen-bond acceptors (Lipinski definition) is 1. The van der Waals surface area contributed by atoms with E-state index in [1.54, 1.807) is 7.11 Å². The van der Waals surface area contributed by atoms with E-state index < -0.39 is 0 Å². The van der Waals surface area contributed by atoms with E-state index in [9.17, 15) is 0 Å². The van der Waals surface area contributed by atoms with Crippen LogP contribution in [0.2, 0.25) is 0 Å². The van der Waals surface area contributed by atoms with Crippen molar-refractivity contribution in [2.24, 2.45) is 0 Å². The Morgan fingerprint density at radius 3 is 1.79 bits per heavy atom. The molecule has 2 aromatic rings. The molecule has 0 N–H and O–H groups in total. The number of ether oxygens (including phenoxy) is 1. The molecular weight excluding hydrogens is 292 g/mol. The lowest BCUT2D eigenvalue weighted by molar-refractivity contribution is 0.416. The highest BCUT2D eigenvalue weighted by Gasteiger charge is 2.13. The van der Waals surface area contributed by atoms with E-state index in [-0.39, 0.29) is 5.41 Å². The van der Waals surface area contributed by atoms with Gasteiger partial charge in [0.25, 0.3) is 0 Å². The van der Waals surface area contributed by atoms with E-state index in [1.807, 2.05) is 18.2 Å². The Kier molecular flexibility index (Phi) is 8.60. The maximum atomic E-state index is 5.40. The van der Waals surface area contributed by atoms with Crippen LogP contribution in [0.4, 0.5) is 0 Å². The number of hydrogen-bond donors (Lipinski definition) is 0. The highest BCUT2D eigenvalue weighted by atomic mass is 16.5. The Morgan fingerprint density at radius 2 is 1.33 bits per heavy atom. The van der Waals surface area contributed by atoms with Crippen LogP contribution in [0.1, 0.15) is 65.9 Å². The minimum Gasteiger partial charge on any atom is -0.496 e. The van der Waals surface area contributed by atoms with Crippen molar-refractivity contribution >= 4 is 0 Å². The molecule has 0 aliphatic rings. The minimum atomic E-state index is 0.194. The van der Waals surface area contributed by atoms with Gasteiger partial charge in [-0.1, -0.05) is 103 Å². The third-order valence-corrected chi connectivity index (χ3v) is 4.13. The molecule has 1 nitrogen and oxygen atoms in total. The molecule has 0 aliphatic heterocycles. The molecule has 0 unspecified atom stereocenters. The number of methoxy groups -OCH3 is 1. The molecule has 0 bridgehead atoms. The van der Waals surface area contributed by atoms with E-state index in [1.165, 1.54) is 36.8 Å². The van der Waals surface area contributed by atoms with E-state index >= 15 is 0 Å². The topological polar surface area (TPSA) is 9.23 Å². The smallest absolute Gasteiger partial charge is 0.126 e. The molecule has 0 saturated carbocycles. The molecule has 132 valence electrons. The lowest BCUT2D eigenvalue weighted by atomic mass is 9.86. The third-order valence-electron chi connectivity index (χ3n) is 4.13. The van der Waals surface area contributed by atoms with Crippen molar-refractivity contribution in [1.29, 1.82) is 0 Å². The highest BCUT2D eigenvalue weighted by Crippen LogP contribution is 2.31. The van der Waals surface area contributed by atoms with Gasteiger partial charge in [0, 0.05) is 5.56 Å². The van der Waals surface area contributed by atoms with Gasteiger partial charge in [0.15, 0.2) is 0 Å². The van der Waals surface area contributed by atoms with Crippen molar-refractivity contribution in [3.8, 4) is 16.9 Å². The molecule has 0 aliphatic carbocycles. The normalized spacial score (nSPS) is 10.8. The molecule has 24 heavy (non-hydrogen) atoms. The molecule has 0 saturated heterocycles. The molecule has 2 aromatic carbocycles. The van der Waals surface area contributed by atoms with Crippen LogP contribution in [0.25, 0.3) is 11.1 Å². The van der Waals surface area contributed by atoms with Crippen LogP contribution in [-0.2, 0) is 5.41 Å². The van der Waals surface area contributed by atoms with Crippen LogP contribution >= 0.6 is 0 Å². The van der Waals surface area contributed by atoms with Crippen molar-refractivity contribution < 1.29 is 4.74 Å². The zero-order chi connectivity index (χ0) is 18.0. The Balaban J connectivity index is 0.000000413. The summed E-state index contributed by atoms with van der Waals surface area (Å²) in [4.78, 5) is 0. The summed E-state index contributed by atoms with van der Waals surface area (Å²) in [5.74, 6) is 0.918. The second kappa shape index (κ2) is 10.2. The Labute approximate surface area is 149 Å². The summed E-state index contributed by atoms with van der Waals surface area (Å²) < 4.78 is 5.40. The molecule has 0 aromatic heterocycles. The molecule has 0 fully saturated rings. The standard InChI is InChI=1S/C17H20O.C6H14/c1-17(2,3)14-11-9-13(10-12-14)15-7-5-6-8-16(15)18-4;1-3-5-6-4-2/h5-12H,1-4H3;3-6H2,1-2H3. The Hall–Kier alpha value is -1.76. The van der Waals surface area contributed by atoms with Crippen LogP contribution in [0.5, 0.6) is 5.75 Å². The quantitative estimate of drug-likeness (QED) is 0.526. The van der Waals surface area contributed by atoms with E-state index in [0.717, 1.165) is 11.3 Å². The SMILES string of the molecule is CCCCCC.COc1ccccc1-c1ccc(C(C)(C)C)cc1. The zero-order valence-corrected chi connectivity index (χ0v) is 16.4. The van der Waals surface area contributed by atoms with E-state index in [2.05, 4.69) is 65.0 Å². The molecule has 1 heteroatoms. The summed E-state index contributed by atoms with van der Waals surface area (Å²) in [6.45, 7) is 11.1. The van der Waals surface area contributed by atoms with Crippen molar-refractivity contribution in [2.75, 3.05) is 7.11 Å². The predicted octanol–water partition coefficient (Wildman–Crippen LogP) is 7.25. The fourth-order valence-electron chi connectivity index (χ4n) is 2.53.